The van der Waals surface area contributed by atoms with Crippen LogP contribution in [0.1, 0.15) is 40.0 Å². The number of rotatable bonds is 6. The standard InChI is InChI=1S/C26H33NO3Si/c1-25(2,3)31(22-10-6-4-7-11-22,23-12-8-5-9-13-23)30-18-21-14-19-16-26(19)20(17-28)15-24(29)27(21)26/h4-13,19-21,28H,14-18H2,1-3H3/t19-,20+,21-,26+/m1/s1. The van der Waals surface area contributed by atoms with Crippen LogP contribution in [0.3, 0.4) is 0 Å². The van der Waals surface area contributed by atoms with Crippen LogP contribution in [0.15, 0.2) is 60.7 Å². The molecule has 2 heterocycles. The zero-order valence-electron chi connectivity index (χ0n) is 18.8. The lowest BCUT2D eigenvalue weighted by atomic mass is 9.98. The number of amides is 1. The van der Waals surface area contributed by atoms with Gasteiger partial charge < -0.3 is 14.4 Å². The van der Waals surface area contributed by atoms with E-state index in [4.69, 9.17) is 4.43 Å². The van der Waals surface area contributed by atoms with E-state index in [0.29, 0.717) is 18.9 Å². The summed E-state index contributed by atoms with van der Waals surface area (Å²) in [6.07, 6.45) is 2.54. The number of hydrogen-bond donors (Lipinski definition) is 1. The summed E-state index contributed by atoms with van der Waals surface area (Å²) < 4.78 is 7.12. The molecule has 1 saturated carbocycles. The van der Waals surface area contributed by atoms with Crippen molar-refractivity contribution in [3.63, 3.8) is 0 Å². The third-order valence-electron chi connectivity index (χ3n) is 8.02. The first-order valence-corrected chi connectivity index (χ1v) is 13.4. The number of carbonyl (C=O) groups is 1. The zero-order valence-corrected chi connectivity index (χ0v) is 19.8. The Balaban J connectivity index is 1.50. The van der Waals surface area contributed by atoms with Gasteiger partial charge in [-0.2, -0.15) is 0 Å². The molecule has 0 radical (unpaired) electrons. The number of nitrogens with zero attached hydrogens (tertiary/aromatic N) is 1. The Morgan fingerprint density at radius 2 is 1.65 bits per heavy atom. The molecule has 4 nitrogen and oxygen atoms in total. The molecule has 2 aliphatic heterocycles. The van der Waals surface area contributed by atoms with Crippen molar-refractivity contribution in [1.82, 2.24) is 4.90 Å². The first-order chi connectivity index (χ1) is 14.8. The lowest BCUT2D eigenvalue weighted by Gasteiger charge is -2.44. The van der Waals surface area contributed by atoms with Gasteiger partial charge in [-0.05, 0) is 34.2 Å². The normalized spacial score (nSPS) is 29.7. The van der Waals surface area contributed by atoms with Gasteiger partial charge in [-0.25, -0.2) is 0 Å². The summed E-state index contributed by atoms with van der Waals surface area (Å²) in [4.78, 5) is 15.0. The number of piperidine rings is 1. The average molecular weight is 436 g/mol. The highest BCUT2D eigenvalue weighted by Gasteiger charge is 2.73. The van der Waals surface area contributed by atoms with Gasteiger partial charge >= 0.3 is 0 Å². The topological polar surface area (TPSA) is 49.8 Å². The van der Waals surface area contributed by atoms with E-state index in [9.17, 15) is 9.90 Å². The lowest BCUT2D eigenvalue weighted by Crippen LogP contribution is -2.67. The fourth-order valence-electron chi connectivity index (χ4n) is 6.66. The van der Waals surface area contributed by atoms with Crippen LogP contribution < -0.4 is 10.4 Å². The second kappa shape index (κ2) is 7.29. The highest BCUT2D eigenvalue weighted by atomic mass is 28.4. The van der Waals surface area contributed by atoms with Gasteiger partial charge in [0.1, 0.15) is 0 Å². The molecule has 0 unspecified atom stereocenters. The van der Waals surface area contributed by atoms with E-state index in [1.54, 1.807) is 0 Å². The first kappa shape index (κ1) is 20.9. The molecular weight excluding hydrogens is 402 g/mol. The second-order valence-electron chi connectivity index (χ2n) is 10.6. The van der Waals surface area contributed by atoms with Crippen LogP contribution in [0, 0.1) is 11.8 Å². The van der Waals surface area contributed by atoms with E-state index in [2.05, 4.69) is 86.3 Å². The Kier molecular flexibility index (Phi) is 4.92. The molecule has 164 valence electrons. The Morgan fingerprint density at radius 3 is 2.16 bits per heavy atom. The van der Waals surface area contributed by atoms with Crippen LogP contribution in [-0.4, -0.2) is 49.0 Å². The van der Waals surface area contributed by atoms with E-state index in [-0.39, 0.29) is 35.1 Å². The number of carbonyl (C=O) groups excluding carboxylic acids is 1. The van der Waals surface area contributed by atoms with E-state index >= 15 is 0 Å². The molecule has 0 bridgehead atoms. The Labute approximate surface area is 186 Å². The van der Waals surface area contributed by atoms with Gasteiger partial charge in [-0.15, -0.1) is 0 Å². The number of hydrogen-bond acceptors (Lipinski definition) is 3. The summed E-state index contributed by atoms with van der Waals surface area (Å²) in [7, 11) is -2.60. The van der Waals surface area contributed by atoms with Crippen molar-refractivity contribution in [2.45, 2.75) is 56.7 Å². The van der Waals surface area contributed by atoms with E-state index in [0.717, 1.165) is 12.8 Å². The molecule has 1 aliphatic carbocycles. The predicted molar refractivity (Wildman–Crippen MR) is 125 cm³/mol. The van der Waals surface area contributed by atoms with Crippen LogP contribution in [0.25, 0.3) is 0 Å². The third-order valence-corrected chi connectivity index (χ3v) is 13.0. The van der Waals surface area contributed by atoms with Crippen molar-refractivity contribution in [2.75, 3.05) is 13.2 Å². The number of aliphatic hydroxyl groups is 1. The SMILES string of the molecule is CC(C)(C)[Si](OC[C@H]1C[C@@H]2C[C@@]23[C@H](CO)CC(=O)N13)(c1ccccc1)c1ccccc1. The average Bonchev–Trinajstić information content (AvgIpc) is 3.25. The minimum Gasteiger partial charge on any atom is -0.405 e. The van der Waals surface area contributed by atoms with Gasteiger partial charge in [-0.1, -0.05) is 81.4 Å². The molecule has 2 aromatic rings. The van der Waals surface area contributed by atoms with Crippen molar-refractivity contribution in [3.05, 3.63) is 60.7 Å². The van der Waals surface area contributed by atoms with Gasteiger partial charge in [0.15, 0.2) is 0 Å². The van der Waals surface area contributed by atoms with Crippen LogP contribution in [0.2, 0.25) is 5.04 Å². The zero-order chi connectivity index (χ0) is 21.9. The van der Waals surface area contributed by atoms with E-state index < -0.39 is 8.32 Å². The molecule has 31 heavy (non-hydrogen) atoms. The van der Waals surface area contributed by atoms with Crippen LogP contribution >= 0.6 is 0 Å². The van der Waals surface area contributed by atoms with Gasteiger partial charge in [0.2, 0.25) is 5.91 Å². The summed E-state index contributed by atoms with van der Waals surface area (Å²) >= 11 is 0. The molecule has 0 aromatic heterocycles. The largest absolute Gasteiger partial charge is 0.405 e. The first-order valence-electron chi connectivity index (χ1n) is 11.5. The van der Waals surface area contributed by atoms with Gasteiger partial charge in [0, 0.05) is 18.9 Å². The van der Waals surface area contributed by atoms with Crippen molar-refractivity contribution < 1.29 is 14.3 Å². The van der Waals surface area contributed by atoms with Gasteiger partial charge in [-0.3, -0.25) is 4.79 Å². The maximum Gasteiger partial charge on any atom is 0.261 e. The molecule has 2 aromatic carbocycles. The molecule has 5 heteroatoms. The minimum atomic E-state index is -2.60. The summed E-state index contributed by atoms with van der Waals surface area (Å²) in [5.74, 6) is 0.835. The maximum absolute atomic E-state index is 12.9. The Hall–Kier alpha value is -1.95. The molecule has 4 atom stereocenters. The minimum absolute atomic E-state index is 0.0719. The molecule has 1 spiro atoms. The molecule has 3 aliphatic rings. The van der Waals surface area contributed by atoms with Crippen molar-refractivity contribution in [1.29, 1.82) is 0 Å². The van der Waals surface area contributed by atoms with E-state index in [1.165, 1.54) is 10.4 Å². The second-order valence-corrected chi connectivity index (χ2v) is 14.9. The number of aliphatic hydroxyl groups excluding tert-OH is 1. The Bertz CT molecular complexity index is 918. The highest BCUT2D eigenvalue weighted by molar-refractivity contribution is 6.99. The quantitative estimate of drug-likeness (QED) is 0.710. The smallest absolute Gasteiger partial charge is 0.261 e. The summed E-state index contributed by atoms with van der Waals surface area (Å²) in [6.45, 7) is 7.54. The predicted octanol–water partition coefficient (Wildman–Crippen LogP) is 2.93. The van der Waals surface area contributed by atoms with Crippen LogP contribution in [0.5, 0.6) is 0 Å². The third kappa shape index (κ3) is 2.97. The fraction of sp³-hybridized carbons (Fsp3) is 0.500. The molecule has 1 amide bonds. The highest BCUT2D eigenvalue weighted by Crippen LogP contribution is 2.65. The summed E-state index contributed by atoms with van der Waals surface area (Å²) in [6, 6.07) is 21.5. The monoisotopic (exact) mass is 435 g/mol. The van der Waals surface area contributed by atoms with E-state index in [1.807, 2.05) is 0 Å². The maximum atomic E-state index is 12.9. The molecule has 3 fully saturated rings. The molecule has 5 rings (SSSR count). The van der Waals surface area contributed by atoms with Crippen LogP contribution in [-0.2, 0) is 9.22 Å². The Morgan fingerprint density at radius 1 is 1.06 bits per heavy atom. The molecule has 2 saturated heterocycles. The van der Waals surface area contributed by atoms with Crippen molar-refractivity contribution >= 4 is 24.6 Å². The van der Waals surface area contributed by atoms with Crippen LogP contribution in [0.4, 0.5) is 0 Å². The van der Waals surface area contributed by atoms with Crippen molar-refractivity contribution in [2.24, 2.45) is 11.8 Å². The van der Waals surface area contributed by atoms with Gasteiger partial charge in [0.05, 0.1) is 18.2 Å². The fourth-order valence-corrected chi connectivity index (χ4v) is 11.3. The summed E-state index contributed by atoms with van der Waals surface area (Å²) in [5, 5.41) is 12.3. The molecule has 1 N–H and O–H groups in total. The molecular formula is C26H33NO3Si. The van der Waals surface area contributed by atoms with Crippen molar-refractivity contribution in [3.8, 4) is 0 Å². The summed E-state index contributed by atoms with van der Waals surface area (Å²) in [5.41, 5.74) is -0.0781. The lowest BCUT2D eigenvalue weighted by molar-refractivity contribution is -0.131. The number of benzene rings is 2. The van der Waals surface area contributed by atoms with Gasteiger partial charge in [0.25, 0.3) is 8.32 Å².